The molecule has 1 rings (SSSR count). The van der Waals surface area contributed by atoms with Crippen molar-refractivity contribution in [2.24, 2.45) is 11.5 Å². The lowest BCUT2D eigenvalue weighted by Crippen LogP contribution is -2.60. The average Bonchev–Trinajstić information content (AvgIpc) is 3.28. The second-order valence-electron chi connectivity index (χ2n) is 7.96. The summed E-state index contributed by atoms with van der Waals surface area (Å²) in [6.45, 7) is 1.56. The third-order valence-corrected chi connectivity index (χ3v) is 4.97. The molecule has 5 unspecified atom stereocenters. The van der Waals surface area contributed by atoms with Crippen LogP contribution in [-0.4, -0.2) is 91.8 Å². The van der Waals surface area contributed by atoms with Crippen molar-refractivity contribution in [2.75, 3.05) is 6.54 Å². The standard InChI is InChI=1S/C20H33N7O8/c1-10(28)16(27-17(31)12(22)6-11-8-23-9-24-11)19(33)25-13(4-2-3-5-21)18(32)26-14(20(34)35)7-15(29)30/h8-10,12-14,16,28H,2-7,21-22H2,1H3,(H,23,24)(H,25,33)(H,26,32)(H,27,31)(H,29,30)(H,34,35). The highest BCUT2D eigenvalue weighted by atomic mass is 16.4. The van der Waals surface area contributed by atoms with Crippen molar-refractivity contribution in [1.29, 1.82) is 0 Å². The fraction of sp³-hybridized carbons (Fsp3) is 0.600. The highest BCUT2D eigenvalue weighted by molar-refractivity contribution is 5.94. The number of aliphatic hydroxyl groups is 1. The SMILES string of the molecule is CC(O)C(NC(=O)C(N)Cc1cnc[nH]1)C(=O)NC(CCCCN)C(=O)NC(CC(=O)O)C(=O)O. The molecule has 0 bridgehead atoms. The third-order valence-electron chi connectivity index (χ3n) is 4.97. The predicted octanol–water partition coefficient (Wildman–Crippen LogP) is -3.20. The number of carbonyl (C=O) groups is 5. The molecule has 15 nitrogen and oxygen atoms in total. The molecule has 0 aliphatic rings. The largest absolute Gasteiger partial charge is 0.481 e. The van der Waals surface area contributed by atoms with Gasteiger partial charge in [-0.1, -0.05) is 0 Å². The molecule has 0 spiro atoms. The van der Waals surface area contributed by atoms with Crippen LogP contribution in [0.2, 0.25) is 0 Å². The number of H-pyrrole nitrogens is 1. The summed E-state index contributed by atoms with van der Waals surface area (Å²) in [6.07, 6.45) is 1.66. The van der Waals surface area contributed by atoms with Crippen molar-refractivity contribution in [3.05, 3.63) is 18.2 Å². The Bertz CT molecular complexity index is 862. The third kappa shape index (κ3) is 10.5. The van der Waals surface area contributed by atoms with Gasteiger partial charge in [-0.25, -0.2) is 9.78 Å². The van der Waals surface area contributed by atoms with Crippen LogP contribution in [0.5, 0.6) is 0 Å². The minimum atomic E-state index is -1.72. The summed E-state index contributed by atoms with van der Waals surface area (Å²) < 4.78 is 0. The van der Waals surface area contributed by atoms with Crippen molar-refractivity contribution in [3.63, 3.8) is 0 Å². The first kappa shape index (κ1) is 29.5. The molecule has 1 heterocycles. The Morgan fingerprint density at radius 3 is 2.20 bits per heavy atom. The van der Waals surface area contributed by atoms with Crippen LogP contribution < -0.4 is 27.4 Å². The van der Waals surface area contributed by atoms with Crippen LogP contribution in [0, 0.1) is 0 Å². The summed E-state index contributed by atoms with van der Waals surface area (Å²) in [5, 5.41) is 34.9. The molecule has 15 heteroatoms. The lowest BCUT2D eigenvalue weighted by Gasteiger charge is -2.26. The number of rotatable bonds is 16. The molecule has 35 heavy (non-hydrogen) atoms. The van der Waals surface area contributed by atoms with Crippen molar-refractivity contribution < 1.29 is 39.3 Å². The van der Waals surface area contributed by atoms with Crippen LogP contribution in [0.3, 0.4) is 0 Å². The van der Waals surface area contributed by atoms with Gasteiger partial charge in [0.05, 0.1) is 24.9 Å². The van der Waals surface area contributed by atoms with E-state index in [0.717, 1.165) is 0 Å². The lowest BCUT2D eigenvalue weighted by molar-refractivity contribution is -0.147. The topological polar surface area (TPSA) is 263 Å². The van der Waals surface area contributed by atoms with Gasteiger partial charge in [-0.05, 0) is 32.7 Å². The molecule has 0 aromatic carbocycles. The maximum Gasteiger partial charge on any atom is 0.326 e. The van der Waals surface area contributed by atoms with E-state index < -0.39 is 66.4 Å². The number of imidazole rings is 1. The molecule has 0 saturated carbocycles. The zero-order chi connectivity index (χ0) is 26.5. The first-order valence-electron chi connectivity index (χ1n) is 10.9. The van der Waals surface area contributed by atoms with Crippen LogP contribution in [0.4, 0.5) is 0 Å². The number of amides is 3. The number of aromatic nitrogens is 2. The zero-order valence-corrected chi connectivity index (χ0v) is 19.3. The number of hydrogen-bond acceptors (Lipinski definition) is 9. The van der Waals surface area contributed by atoms with Gasteiger partial charge in [-0.2, -0.15) is 0 Å². The number of aliphatic carboxylic acids is 2. The van der Waals surface area contributed by atoms with E-state index in [1.165, 1.54) is 19.4 Å². The predicted molar refractivity (Wildman–Crippen MR) is 121 cm³/mol. The van der Waals surface area contributed by atoms with E-state index in [4.69, 9.17) is 16.6 Å². The number of carbonyl (C=O) groups excluding carboxylic acids is 3. The van der Waals surface area contributed by atoms with E-state index in [-0.39, 0.29) is 12.8 Å². The van der Waals surface area contributed by atoms with E-state index in [2.05, 4.69) is 25.9 Å². The Morgan fingerprint density at radius 1 is 1.03 bits per heavy atom. The average molecular weight is 500 g/mol. The van der Waals surface area contributed by atoms with Crippen LogP contribution in [0.15, 0.2) is 12.5 Å². The molecule has 3 amide bonds. The molecule has 1 aromatic heterocycles. The number of aromatic amines is 1. The number of aliphatic hydroxyl groups excluding tert-OH is 1. The monoisotopic (exact) mass is 499 g/mol. The van der Waals surface area contributed by atoms with Gasteiger partial charge in [-0.3, -0.25) is 19.2 Å². The quantitative estimate of drug-likeness (QED) is 0.102. The molecule has 0 fully saturated rings. The maximum absolute atomic E-state index is 12.8. The summed E-state index contributed by atoms with van der Waals surface area (Å²) >= 11 is 0. The van der Waals surface area contributed by atoms with E-state index in [0.29, 0.717) is 25.1 Å². The van der Waals surface area contributed by atoms with Gasteiger partial charge < -0.3 is 47.7 Å². The van der Waals surface area contributed by atoms with Gasteiger partial charge in [0.15, 0.2) is 0 Å². The zero-order valence-electron chi connectivity index (χ0n) is 19.3. The minimum Gasteiger partial charge on any atom is -0.481 e. The fourth-order valence-corrected chi connectivity index (χ4v) is 3.06. The van der Waals surface area contributed by atoms with E-state index >= 15 is 0 Å². The second kappa shape index (κ2) is 14.6. The summed E-state index contributed by atoms with van der Waals surface area (Å²) in [5.41, 5.74) is 11.9. The van der Waals surface area contributed by atoms with Crippen molar-refractivity contribution >= 4 is 29.7 Å². The van der Waals surface area contributed by atoms with Crippen LogP contribution >= 0.6 is 0 Å². The van der Waals surface area contributed by atoms with Gasteiger partial charge in [-0.15, -0.1) is 0 Å². The van der Waals surface area contributed by atoms with Crippen molar-refractivity contribution in [1.82, 2.24) is 25.9 Å². The van der Waals surface area contributed by atoms with Crippen LogP contribution in [-0.2, 0) is 30.4 Å². The van der Waals surface area contributed by atoms with Crippen LogP contribution in [0.25, 0.3) is 0 Å². The number of hydrogen-bond donors (Lipinski definition) is 9. The van der Waals surface area contributed by atoms with Gasteiger partial charge >= 0.3 is 11.9 Å². The first-order valence-corrected chi connectivity index (χ1v) is 10.9. The first-order chi connectivity index (χ1) is 16.5. The number of unbranched alkanes of at least 4 members (excludes halogenated alkanes) is 1. The van der Waals surface area contributed by atoms with Crippen molar-refractivity contribution in [2.45, 2.75) is 69.3 Å². The molecule has 11 N–H and O–H groups in total. The van der Waals surface area contributed by atoms with Gasteiger partial charge in [0.25, 0.3) is 0 Å². The number of carboxylic acids is 2. The van der Waals surface area contributed by atoms with E-state index in [1.807, 2.05) is 0 Å². The summed E-state index contributed by atoms with van der Waals surface area (Å²) in [6, 6.07) is -5.54. The van der Waals surface area contributed by atoms with Gasteiger partial charge in [0, 0.05) is 18.3 Å². The van der Waals surface area contributed by atoms with E-state index in [1.54, 1.807) is 0 Å². The smallest absolute Gasteiger partial charge is 0.326 e. The Balaban J connectivity index is 2.91. The Kier molecular flexibility index (Phi) is 12.3. The second-order valence-corrected chi connectivity index (χ2v) is 7.96. The number of nitrogens with zero attached hydrogens (tertiary/aromatic N) is 1. The summed E-state index contributed by atoms with van der Waals surface area (Å²) in [4.78, 5) is 66.8. The Morgan fingerprint density at radius 2 is 1.69 bits per heavy atom. The molecule has 0 radical (unpaired) electrons. The minimum absolute atomic E-state index is 0.0496. The molecular weight excluding hydrogens is 466 g/mol. The van der Waals surface area contributed by atoms with Crippen LogP contribution in [0.1, 0.15) is 38.3 Å². The molecular formula is C20H33N7O8. The van der Waals surface area contributed by atoms with Crippen molar-refractivity contribution in [3.8, 4) is 0 Å². The summed E-state index contributed by atoms with van der Waals surface area (Å²) in [7, 11) is 0. The number of nitrogens with two attached hydrogens (primary N) is 2. The molecule has 0 aliphatic heterocycles. The highest BCUT2D eigenvalue weighted by Gasteiger charge is 2.32. The molecule has 0 aliphatic carbocycles. The molecule has 196 valence electrons. The molecule has 5 atom stereocenters. The highest BCUT2D eigenvalue weighted by Crippen LogP contribution is 2.05. The number of carboxylic acid groups (broad SMARTS) is 2. The van der Waals surface area contributed by atoms with Gasteiger partial charge in [0.2, 0.25) is 17.7 Å². The Hall–Kier alpha value is -3.56. The summed E-state index contributed by atoms with van der Waals surface area (Å²) in [5.74, 6) is -5.59. The maximum atomic E-state index is 12.8. The normalized spacial score (nSPS) is 15.2. The fourth-order valence-electron chi connectivity index (χ4n) is 3.06. The molecule has 0 saturated heterocycles. The lowest BCUT2D eigenvalue weighted by atomic mass is 10.0. The molecule has 1 aromatic rings. The number of nitrogens with one attached hydrogen (secondary N) is 4. The van der Waals surface area contributed by atoms with E-state index in [9.17, 15) is 34.2 Å². The van der Waals surface area contributed by atoms with Gasteiger partial charge in [0.1, 0.15) is 18.1 Å². The Labute approximate surface area is 201 Å².